The number of aromatic nitrogens is 2. The minimum atomic E-state index is 0.133. The number of rotatable bonds is 5. The lowest BCUT2D eigenvalue weighted by Gasteiger charge is -2.30. The molecule has 4 atom stereocenters. The molecule has 0 aromatic carbocycles. The SMILES string of the molecule is C[C@@H]1C[C@@H]1c1ccc(CN[C@@H]2CCO[C@H](c3cncn3C)C2)o1. The molecule has 1 aliphatic carbocycles. The quantitative estimate of drug-likeness (QED) is 0.921. The summed E-state index contributed by atoms with van der Waals surface area (Å²) in [6.45, 7) is 3.87. The summed E-state index contributed by atoms with van der Waals surface area (Å²) in [6.07, 6.45) is 7.16. The van der Waals surface area contributed by atoms with Crippen molar-refractivity contribution in [3.63, 3.8) is 0 Å². The van der Waals surface area contributed by atoms with Gasteiger partial charge in [-0.1, -0.05) is 6.92 Å². The Labute approximate surface area is 137 Å². The van der Waals surface area contributed by atoms with E-state index >= 15 is 0 Å². The first kappa shape index (κ1) is 15.0. The van der Waals surface area contributed by atoms with E-state index in [-0.39, 0.29) is 6.10 Å². The van der Waals surface area contributed by atoms with Crippen LogP contribution in [0.3, 0.4) is 0 Å². The van der Waals surface area contributed by atoms with Gasteiger partial charge < -0.3 is 19.0 Å². The molecule has 1 saturated carbocycles. The Kier molecular flexibility index (Phi) is 3.99. The number of hydrogen-bond acceptors (Lipinski definition) is 4. The van der Waals surface area contributed by atoms with Gasteiger partial charge in [-0.05, 0) is 37.3 Å². The summed E-state index contributed by atoms with van der Waals surface area (Å²) in [5.74, 6) is 3.65. The minimum absolute atomic E-state index is 0.133. The topological polar surface area (TPSA) is 52.2 Å². The van der Waals surface area contributed by atoms with Crippen molar-refractivity contribution < 1.29 is 9.15 Å². The lowest BCUT2D eigenvalue weighted by atomic mass is 10.0. The first-order chi connectivity index (χ1) is 11.2. The maximum absolute atomic E-state index is 5.98. The molecule has 2 fully saturated rings. The third-order valence-electron chi connectivity index (χ3n) is 5.19. The maximum atomic E-state index is 5.98. The smallest absolute Gasteiger partial charge is 0.117 e. The van der Waals surface area contributed by atoms with Crippen molar-refractivity contribution >= 4 is 0 Å². The summed E-state index contributed by atoms with van der Waals surface area (Å²) in [7, 11) is 2.02. The average molecular weight is 315 g/mol. The lowest BCUT2D eigenvalue weighted by Crippen LogP contribution is -2.36. The average Bonchev–Trinajstić information content (AvgIpc) is 2.96. The highest BCUT2D eigenvalue weighted by molar-refractivity contribution is 5.17. The van der Waals surface area contributed by atoms with Crippen LogP contribution < -0.4 is 5.32 Å². The molecule has 4 rings (SSSR count). The van der Waals surface area contributed by atoms with Crippen LogP contribution in [0.25, 0.3) is 0 Å². The van der Waals surface area contributed by atoms with E-state index in [1.54, 1.807) is 0 Å². The number of furan rings is 1. The zero-order valence-corrected chi connectivity index (χ0v) is 13.9. The molecular weight excluding hydrogens is 290 g/mol. The molecule has 0 unspecified atom stereocenters. The molecule has 0 radical (unpaired) electrons. The lowest BCUT2D eigenvalue weighted by molar-refractivity contribution is -0.00431. The van der Waals surface area contributed by atoms with Gasteiger partial charge >= 0.3 is 0 Å². The predicted molar refractivity (Wildman–Crippen MR) is 87.0 cm³/mol. The summed E-state index contributed by atoms with van der Waals surface area (Å²) in [5, 5.41) is 3.63. The molecule has 2 aromatic rings. The van der Waals surface area contributed by atoms with E-state index in [0.717, 1.165) is 49.1 Å². The van der Waals surface area contributed by atoms with Crippen molar-refractivity contribution in [1.82, 2.24) is 14.9 Å². The van der Waals surface area contributed by atoms with Gasteiger partial charge in [0.2, 0.25) is 0 Å². The van der Waals surface area contributed by atoms with Crippen molar-refractivity contribution in [2.24, 2.45) is 13.0 Å². The Morgan fingerprint density at radius 1 is 1.35 bits per heavy atom. The first-order valence-electron chi connectivity index (χ1n) is 8.60. The molecule has 124 valence electrons. The summed E-state index contributed by atoms with van der Waals surface area (Å²) < 4.78 is 13.9. The highest BCUT2D eigenvalue weighted by atomic mass is 16.5. The van der Waals surface area contributed by atoms with Crippen LogP contribution in [0.15, 0.2) is 29.1 Å². The summed E-state index contributed by atoms with van der Waals surface area (Å²) in [5.41, 5.74) is 1.15. The number of ether oxygens (including phenoxy) is 1. The summed E-state index contributed by atoms with van der Waals surface area (Å²) in [6, 6.07) is 4.72. The van der Waals surface area contributed by atoms with Crippen LogP contribution >= 0.6 is 0 Å². The molecule has 0 bridgehead atoms. The van der Waals surface area contributed by atoms with Gasteiger partial charge in [-0.3, -0.25) is 0 Å². The second kappa shape index (κ2) is 6.13. The van der Waals surface area contributed by atoms with Crippen LogP contribution in [0.2, 0.25) is 0 Å². The molecule has 1 aliphatic heterocycles. The van der Waals surface area contributed by atoms with Crippen molar-refractivity contribution in [2.75, 3.05) is 6.61 Å². The molecule has 1 N–H and O–H groups in total. The van der Waals surface area contributed by atoms with Crippen LogP contribution in [0.4, 0.5) is 0 Å². The van der Waals surface area contributed by atoms with E-state index in [4.69, 9.17) is 9.15 Å². The van der Waals surface area contributed by atoms with Gasteiger partial charge in [0.05, 0.1) is 24.8 Å². The molecule has 1 saturated heterocycles. The fourth-order valence-corrected chi connectivity index (χ4v) is 3.52. The fourth-order valence-electron chi connectivity index (χ4n) is 3.52. The zero-order valence-electron chi connectivity index (χ0n) is 13.9. The van der Waals surface area contributed by atoms with Crippen molar-refractivity contribution in [2.45, 2.75) is 50.8 Å². The fraction of sp³-hybridized carbons (Fsp3) is 0.611. The van der Waals surface area contributed by atoms with Crippen LogP contribution in [-0.4, -0.2) is 22.2 Å². The Bertz CT molecular complexity index is 663. The van der Waals surface area contributed by atoms with E-state index in [1.165, 1.54) is 6.42 Å². The Hall–Kier alpha value is -1.59. The number of imidazole rings is 1. The second-order valence-corrected chi connectivity index (χ2v) is 7.01. The number of nitrogens with zero attached hydrogens (tertiary/aromatic N) is 2. The standard InChI is InChI=1S/C18H25N3O2/c1-12-7-15(12)17-4-3-14(23-17)9-20-13-5-6-22-18(8-13)16-10-19-11-21(16)2/h3-4,10-13,15,18,20H,5-9H2,1-2H3/t12-,13-,15+,18+/m1/s1. The predicted octanol–water partition coefficient (Wildman–Crippen LogP) is 3.15. The van der Waals surface area contributed by atoms with Crippen molar-refractivity contribution in [3.05, 3.63) is 41.9 Å². The second-order valence-electron chi connectivity index (χ2n) is 7.01. The minimum Gasteiger partial charge on any atom is -0.464 e. The number of hydrogen-bond donors (Lipinski definition) is 1. The van der Waals surface area contributed by atoms with E-state index in [2.05, 4.69) is 29.4 Å². The molecule has 0 spiro atoms. The van der Waals surface area contributed by atoms with Crippen molar-refractivity contribution in [1.29, 1.82) is 0 Å². The van der Waals surface area contributed by atoms with Gasteiger partial charge in [0.25, 0.3) is 0 Å². The normalized spacial score (nSPS) is 30.5. The molecule has 5 nitrogen and oxygen atoms in total. The Balaban J connectivity index is 1.32. The zero-order chi connectivity index (χ0) is 15.8. The van der Waals surface area contributed by atoms with E-state index in [9.17, 15) is 0 Å². The third kappa shape index (κ3) is 3.21. The Morgan fingerprint density at radius 2 is 2.22 bits per heavy atom. The van der Waals surface area contributed by atoms with Gasteiger partial charge in [-0.25, -0.2) is 4.98 Å². The molecule has 0 amide bonds. The maximum Gasteiger partial charge on any atom is 0.117 e. The number of aryl methyl sites for hydroxylation is 1. The van der Waals surface area contributed by atoms with Gasteiger partial charge in [-0.15, -0.1) is 0 Å². The first-order valence-corrected chi connectivity index (χ1v) is 8.60. The summed E-state index contributed by atoms with van der Waals surface area (Å²) >= 11 is 0. The van der Waals surface area contributed by atoms with Crippen LogP contribution in [-0.2, 0) is 18.3 Å². The van der Waals surface area contributed by atoms with Crippen LogP contribution in [0, 0.1) is 5.92 Å². The Morgan fingerprint density at radius 3 is 2.96 bits per heavy atom. The van der Waals surface area contributed by atoms with Crippen LogP contribution in [0.5, 0.6) is 0 Å². The van der Waals surface area contributed by atoms with Gasteiger partial charge in [0.15, 0.2) is 0 Å². The van der Waals surface area contributed by atoms with Gasteiger partial charge in [-0.2, -0.15) is 0 Å². The van der Waals surface area contributed by atoms with E-state index in [0.29, 0.717) is 12.0 Å². The molecule has 23 heavy (non-hydrogen) atoms. The molecule has 2 aromatic heterocycles. The van der Waals surface area contributed by atoms with Gasteiger partial charge in [0, 0.05) is 25.6 Å². The third-order valence-corrected chi connectivity index (χ3v) is 5.19. The molecule has 3 heterocycles. The highest BCUT2D eigenvalue weighted by Crippen LogP contribution is 2.47. The summed E-state index contributed by atoms with van der Waals surface area (Å²) in [4.78, 5) is 4.19. The van der Waals surface area contributed by atoms with Crippen molar-refractivity contribution in [3.8, 4) is 0 Å². The molecule has 5 heteroatoms. The van der Waals surface area contributed by atoms with E-state index in [1.807, 2.05) is 24.1 Å². The largest absolute Gasteiger partial charge is 0.464 e. The highest BCUT2D eigenvalue weighted by Gasteiger charge is 2.36. The molecule has 2 aliphatic rings. The molecular formula is C18H25N3O2. The van der Waals surface area contributed by atoms with Gasteiger partial charge in [0.1, 0.15) is 17.6 Å². The number of nitrogens with one attached hydrogen (secondary N) is 1. The monoisotopic (exact) mass is 315 g/mol. The van der Waals surface area contributed by atoms with E-state index < -0.39 is 0 Å². The van der Waals surface area contributed by atoms with Crippen LogP contribution in [0.1, 0.15) is 55.4 Å².